The molecule has 1 aromatic carbocycles. The molecule has 1 rings (SSSR count). The van der Waals surface area contributed by atoms with Crippen LogP contribution in [0.5, 0.6) is 0 Å². The van der Waals surface area contributed by atoms with Gasteiger partial charge in [0.05, 0.1) is 29.9 Å². The molecule has 0 radical (unpaired) electrons. The summed E-state index contributed by atoms with van der Waals surface area (Å²) in [4.78, 5) is 10.9. The molecule has 5 heteroatoms. The van der Waals surface area contributed by atoms with E-state index in [1.54, 1.807) is 24.3 Å². The number of carboxylic acids is 1. The van der Waals surface area contributed by atoms with Crippen LogP contribution >= 0.6 is 11.6 Å². The Morgan fingerprint density at radius 3 is 2.50 bits per heavy atom. The molecule has 0 amide bonds. The van der Waals surface area contributed by atoms with Gasteiger partial charge in [0, 0.05) is 5.02 Å². The minimum Gasteiger partial charge on any atom is -0.481 e. The average molecular weight is 263 g/mol. The van der Waals surface area contributed by atoms with Crippen LogP contribution in [-0.2, 0) is 4.79 Å². The van der Waals surface area contributed by atoms with Gasteiger partial charge in [-0.2, -0.15) is 10.5 Å². The van der Waals surface area contributed by atoms with Crippen molar-refractivity contribution in [3.63, 3.8) is 0 Å². The van der Waals surface area contributed by atoms with Crippen molar-refractivity contribution in [1.82, 2.24) is 0 Å². The topological polar surface area (TPSA) is 84.9 Å². The Labute approximate surface area is 110 Å². The number of rotatable bonds is 4. The summed E-state index contributed by atoms with van der Waals surface area (Å²) in [5.41, 5.74) is 0.560. The van der Waals surface area contributed by atoms with Gasteiger partial charge in [-0.25, -0.2) is 0 Å². The number of carbonyl (C=O) groups is 1. The molecule has 4 nitrogen and oxygen atoms in total. The normalized spacial score (nSPS) is 14.9. The maximum absolute atomic E-state index is 10.9. The zero-order chi connectivity index (χ0) is 13.7. The van der Waals surface area contributed by atoms with Gasteiger partial charge in [0.25, 0.3) is 0 Å². The summed E-state index contributed by atoms with van der Waals surface area (Å²) in [6.45, 7) is 1.42. The predicted octanol–water partition coefficient (Wildman–Crippen LogP) is 2.81. The van der Waals surface area contributed by atoms with Gasteiger partial charge in [0.2, 0.25) is 0 Å². The first kappa shape index (κ1) is 14.0. The molecule has 3 unspecified atom stereocenters. The van der Waals surface area contributed by atoms with E-state index in [-0.39, 0.29) is 0 Å². The standard InChI is InChI=1S/C13H11ClN2O2/c1-8(13(17)18)11(6-15)12(7-16)9-3-2-4-10(14)5-9/h2-5,8,11-12H,1H3,(H,17,18). The van der Waals surface area contributed by atoms with Gasteiger partial charge in [-0.1, -0.05) is 30.7 Å². The van der Waals surface area contributed by atoms with Gasteiger partial charge in [-0.05, 0) is 17.7 Å². The Hall–Kier alpha value is -2.04. The van der Waals surface area contributed by atoms with Crippen LogP contribution in [0.2, 0.25) is 5.02 Å². The van der Waals surface area contributed by atoms with E-state index in [1.807, 2.05) is 12.1 Å². The number of benzene rings is 1. The highest BCUT2D eigenvalue weighted by Gasteiger charge is 2.32. The second-order valence-corrected chi connectivity index (χ2v) is 4.38. The highest BCUT2D eigenvalue weighted by atomic mass is 35.5. The van der Waals surface area contributed by atoms with Crippen LogP contribution in [0, 0.1) is 34.5 Å². The minimum atomic E-state index is -1.09. The van der Waals surface area contributed by atoms with Gasteiger partial charge >= 0.3 is 5.97 Å². The first-order valence-electron chi connectivity index (χ1n) is 5.28. The number of nitrogens with zero attached hydrogens (tertiary/aromatic N) is 2. The molecular weight excluding hydrogens is 252 g/mol. The third-order valence-corrected chi connectivity index (χ3v) is 3.02. The first-order valence-corrected chi connectivity index (χ1v) is 5.66. The summed E-state index contributed by atoms with van der Waals surface area (Å²) in [6.07, 6.45) is 0. The monoisotopic (exact) mass is 262 g/mol. The zero-order valence-corrected chi connectivity index (χ0v) is 10.4. The molecule has 0 heterocycles. The van der Waals surface area contributed by atoms with Crippen molar-refractivity contribution in [2.24, 2.45) is 11.8 Å². The van der Waals surface area contributed by atoms with Crippen molar-refractivity contribution >= 4 is 17.6 Å². The van der Waals surface area contributed by atoms with Gasteiger partial charge in [0.1, 0.15) is 0 Å². The Morgan fingerprint density at radius 1 is 1.39 bits per heavy atom. The fraction of sp³-hybridized carbons (Fsp3) is 0.308. The van der Waals surface area contributed by atoms with Crippen LogP contribution in [0.25, 0.3) is 0 Å². The third-order valence-electron chi connectivity index (χ3n) is 2.78. The molecule has 0 spiro atoms. The first-order chi connectivity index (χ1) is 8.51. The highest BCUT2D eigenvalue weighted by molar-refractivity contribution is 6.30. The average Bonchev–Trinajstić information content (AvgIpc) is 2.34. The molecule has 1 aromatic rings. The number of aliphatic carboxylic acids is 1. The molecule has 1 N–H and O–H groups in total. The smallest absolute Gasteiger partial charge is 0.307 e. The molecule has 3 atom stereocenters. The van der Waals surface area contributed by atoms with Crippen molar-refractivity contribution < 1.29 is 9.90 Å². The van der Waals surface area contributed by atoms with Gasteiger partial charge in [-0.3, -0.25) is 4.79 Å². The Bertz CT molecular complexity index is 531. The van der Waals surface area contributed by atoms with Crippen molar-refractivity contribution in [3.05, 3.63) is 34.9 Å². The van der Waals surface area contributed by atoms with Crippen molar-refractivity contribution in [2.75, 3.05) is 0 Å². The van der Waals surface area contributed by atoms with Crippen LogP contribution in [0.15, 0.2) is 24.3 Å². The minimum absolute atomic E-state index is 0.451. The number of halogens is 1. The Balaban J connectivity index is 3.14. The van der Waals surface area contributed by atoms with E-state index in [1.165, 1.54) is 6.92 Å². The molecule has 0 saturated heterocycles. The van der Waals surface area contributed by atoms with E-state index >= 15 is 0 Å². The van der Waals surface area contributed by atoms with Crippen LogP contribution in [-0.4, -0.2) is 11.1 Å². The lowest BCUT2D eigenvalue weighted by Gasteiger charge is -2.19. The molecule has 0 aliphatic rings. The largest absolute Gasteiger partial charge is 0.481 e. The van der Waals surface area contributed by atoms with Crippen molar-refractivity contribution in [2.45, 2.75) is 12.8 Å². The summed E-state index contributed by atoms with van der Waals surface area (Å²) < 4.78 is 0. The molecule has 0 fully saturated rings. The van der Waals surface area contributed by atoms with Crippen LogP contribution in [0.4, 0.5) is 0 Å². The van der Waals surface area contributed by atoms with E-state index in [2.05, 4.69) is 0 Å². The second kappa shape index (κ2) is 6.05. The van der Waals surface area contributed by atoms with Crippen LogP contribution in [0.1, 0.15) is 18.4 Å². The molecule has 92 valence electrons. The number of nitriles is 2. The summed E-state index contributed by atoms with van der Waals surface area (Å²) in [6, 6.07) is 10.5. The van der Waals surface area contributed by atoms with E-state index in [0.717, 1.165) is 0 Å². The molecular formula is C13H11ClN2O2. The third kappa shape index (κ3) is 3.00. The van der Waals surface area contributed by atoms with Crippen molar-refractivity contribution in [3.8, 4) is 12.1 Å². The van der Waals surface area contributed by atoms with E-state index in [9.17, 15) is 4.79 Å². The van der Waals surface area contributed by atoms with E-state index in [0.29, 0.717) is 10.6 Å². The lowest BCUT2D eigenvalue weighted by molar-refractivity contribution is -0.142. The van der Waals surface area contributed by atoms with E-state index in [4.69, 9.17) is 27.2 Å². The molecule has 0 bridgehead atoms. The SMILES string of the molecule is CC(C(=O)O)C(C#N)C(C#N)c1cccc(Cl)c1. The lowest BCUT2D eigenvalue weighted by Crippen LogP contribution is -2.24. The number of hydrogen-bond acceptors (Lipinski definition) is 3. The Morgan fingerprint density at radius 2 is 2.06 bits per heavy atom. The zero-order valence-electron chi connectivity index (χ0n) is 9.67. The van der Waals surface area contributed by atoms with Crippen LogP contribution < -0.4 is 0 Å². The molecule has 0 aliphatic heterocycles. The van der Waals surface area contributed by atoms with Crippen LogP contribution in [0.3, 0.4) is 0 Å². The second-order valence-electron chi connectivity index (χ2n) is 3.94. The molecule has 18 heavy (non-hydrogen) atoms. The molecule has 0 saturated carbocycles. The van der Waals surface area contributed by atoms with Gasteiger partial charge in [-0.15, -0.1) is 0 Å². The quantitative estimate of drug-likeness (QED) is 0.904. The summed E-state index contributed by atoms with van der Waals surface area (Å²) in [7, 11) is 0. The van der Waals surface area contributed by atoms with Gasteiger partial charge < -0.3 is 5.11 Å². The molecule has 0 aliphatic carbocycles. The van der Waals surface area contributed by atoms with E-state index < -0.39 is 23.7 Å². The summed E-state index contributed by atoms with van der Waals surface area (Å²) >= 11 is 5.83. The summed E-state index contributed by atoms with van der Waals surface area (Å²) in [5, 5.41) is 27.6. The maximum Gasteiger partial charge on any atom is 0.307 e. The van der Waals surface area contributed by atoms with Gasteiger partial charge in [0.15, 0.2) is 0 Å². The highest BCUT2D eigenvalue weighted by Crippen LogP contribution is 2.30. The maximum atomic E-state index is 10.9. The van der Waals surface area contributed by atoms with Crippen molar-refractivity contribution in [1.29, 1.82) is 10.5 Å². The summed E-state index contributed by atoms with van der Waals surface area (Å²) in [5.74, 6) is -3.73. The number of carboxylic acid groups (broad SMARTS) is 1. The number of hydrogen-bond donors (Lipinski definition) is 1. The fourth-order valence-corrected chi connectivity index (χ4v) is 1.89. The predicted molar refractivity (Wildman–Crippen MR) is 65.7 cm³/mol. The molecule has 0 aromatic heterocycles. The Kier molecular flexibility index (Phi) is 4.71. The lowest BCUT2D eigenvalue weighted by atomic mass is 9.80. The fourth-order valence-electron chi connectivity index (χ4n) is 1.69.